The van der Waals surface area contributed by atoms with Crippen molar-refractivity contribution in [3.63, 3.8) is 0 Å². The summed E-state index contributed by atoms with van der Waals surface area (Å²) in [6, 6.07) is 17.9. The van der Waals surface area contributed by atoms with E-state index >= 15 is 0 Å². The normalized spacial score (nSPS) is 11.2. The zero-order chi connectivity index (χ0) is 13.5. The predicted octanol–water partition coefficient (Wildman–Crippen LogP) is 5.30. The molecule has 0 saturated heterocycles. The van der Waals surface area contributed by atoms with Gasteiger partial charge in [-0.15, -0.1) is 0 Å². The molecule has 96 valence electrons. The van der Waals surface area contributed by atoms with E-state index in [1.165, 1.54) is 0 Å². The Bertz CT molecular complexity index is 909. The lowest BCUT2D eigenvalue weighted by Crippen LogP contribution is -1.78. The second-order valence-electron chi connectivity index (χ2n) is 4.65. The second-order valence-corrected chi connectivity index (χ2v) is 5.08. The molecule has 0 aliphatic heterocycles. The summed E-state index contributed by atoms with van der Waals surface area (Å²) in [4.78, 5) is 4.28. The van der Waals surface area contributed by atoms with Crippen molar-refractivity contribution < 1.29 is 4.42 Å². The van der Waals surface area contributed by atoms with Gasteiger partial charge in [-0.2, -0.15) is 0 Å². The van der Waals surface area contributed by atoms with Crippen molar-refractivity contribution >= 4 is 33.7 Å². The average Bonchev–Trinajstić information content (AvgIpc) is 2.87. The standard InChI is InChI=1S/C17H10ClNO/c18-12-8-6-11(7-9-12)13-3-1-4-14-15-5-2-10-19-17(15)20-16(13)14/h1-10H. The maximum atomic E-state index is 5.95. The Morgan fingerprint density at radius 1 is 0.850 bits per heavy atom. The molecule has 4 rings (SSSR count). The molecule has 20 heavy (non-hydrogen) atoms. The number of rotatable bonds is 1. The Labute approximate surface area is 120 Å². The monoisotopic (exact) mass is 279 g/mol. The van der Waals surface area contributed by atoms with Crippen molar-refractivity contribution in [1.82, 2.24) is 4.98 Å². The van der Waals surface area contributed by atoms with E-state index < -0.39 is 0 Å². The number of aromatic nitrogens is 1. The van der Waals surface area contributed by atoms with E-state index in [9.17, 15) is 0 Å². The summed E-state index contributed by atoms with van der Waals surface area (Å²) in [5, 5.41) is 2.85. The zero-order valence-corrected chi connectivity index (χ0v) is 11.3. The van der Waals surface area contributed by atoms with Crippen molar-refractivity contribution in [2.75, 3.05) is 0 Å². The first kappa shape index (κ1) is 11.5. The third kappa shape index (κ3) is 1.69. The number of furan rings is 1. The van der Waals surface area contributed by atoms with Crippen molar-refractivity contribution in [3.05, 3.63) is 65.8 Å². The van der Waals surface area contributed by atoms with E-state index in [0.29, 0.717) is 5.71 Å². The number of hydrogen-bond donors (Lipinski definition) is 0. The smallest absolute Gasteiger partial charge is 0.227 e. The maximum absolute atomic E-state index is 5.95. The van der Waals surface area contributed by atoms with Crippen LogP contribution in [0.1, 0.15) is 0 Å². The number of pyridine rings is 1. The van der Waals surface area contributed by atoms with Crippen molar-refractivity contribution in [1.29, 1.82) is 0 Å². The molecule has 2 heterocycles. The number of fused-ring (bicyclic) bond motifs is 3. The molecule has 2 aromatic carbocycles. The van der Waals surface area contributed by atoms with E-state index in [4.69, 9.17) is 16.0 Å². The first-order valence-electron chi connectivity index (χ1n) is 6.35. The highest BCUT2D eigenvalue weighted by molar-refractivity contribution is 6.30. The van der Waals surface area contributed by atoms with Crippen LogP contribution in [0.3, 0.4) is 0 Å². The average molecular weight is 280 g/mol. The van der Waals surface area contributed by atoms with Crippen LogP contribution >= 0.6 is 11.6 Å². The van der Waals surface area contributed by atoms with Gasteiger partial charge in [-0.25, -0.2) is 4.98 Å². The molecule has 0 aliphatic rings. The molecule has 0 amide bonds. The Morgan fingerprint density at radius 3 is 2.50 bits per heavy atom. The van der Waals surface area contributed by atoms with Crippen LogP contribution in [-0.2, 0) is 0 Å². The van der Waals surface area contributed by atoms with Crippen LogP contribution in [0.2, 0.25) is 5.02 Å². The summed E-state index contributed by atoms with van der Waals surface area (Å²) in [6.45, 7) is 0. The van der Waals surface area contributed by atoms with Gasteiger partial charge in [0.05, 0.1) is 0 Å². The molecule has 2 nitrogen and oxygen atoms in total. The molecule has 4 aromatic rings. The van der Waals surface area contributed by atoms with Crippen LogP contribution in [0, 0.1) is 0 Å². The highest BCUT2D eigenvalue weighted by Gasteiger charge is 2.11. The van der Waals surface area contributed by atoms with Gasteiger partial charge in [0.25, 0.3) is 0 Å². The highest BCUT2D eigenvalue weighted by Crippen LogP contribution is 2.34. The summed E-state index contributed by atoms with van der Waals surface area (Å²) in [7, 11) is 0. The van der Waals surface area contributed by atoms with Crippen LogP contribution in [-0.4, -0.2) is 4.98 Å². The molecule has 0 saturated carbocycles. The lowest BCUT2D eigenvalue weighted by molar-refractivity contribution is 0.655. The summed E-state index contributed by atoms with van der Waals surface area (Å²) in [5.74, 6) is 0. The van der Waals surface area contributed by atoms with E-state index in [1.54, 1.807) is 6.20 Å². The topological polar surface area (TPSA) is 26.0 Å². The van der Waals surface area contributed by atoms with E-state index in [1.807, 2.05) is 48.5 Å². The maximum Gasteiger partial charge on any atom is 0.227 e. The van der Waals surface area contributed by atoms with E-state index in [-0.39, 0.29) is 0 Å². The number of para-hydroxylation sites is 1. The molecule has 0 atom stereocenters. The van der Waals surface area contributed by atoms with Gasteiger partial charge >= 0.3 is 0 Å². The summed E-state index contributed by atoms with van der Waals surface area (Å²) in [5.41, 5.74) is 3.67. The van der Waals surface area contributed by atoms with E-state index in [2.05, 4.69) is 11.1 Å². The third-order valence-corrected chi connectivity index (χ3v) is 3.68. The van der Waals surface area contributed by atoms with Gasteiger partial charge < -0.3 is 4.42 Å². The van der Waals surface area contributed by atoms with Gasteiger partial charge in [0, 0.05) is 27.6 Å². The Hall–Kier alpha value is -2.32. The quantitative estimate of drug-likeness (QED) is 0.472. The van der Waals surface area contributed by atoms with Gasteiger partial charge in [-0.05, 0) is 29.8 Å². The number of halogens is 1. The first-order chi connectivity index (χ1) is 9.83. The minimum Gasteiger partial charge on any atom is -0.437 e. The molecule has 0 bridgehead atoms. The largest absolute Gasteiger partial charge is 0.437 e. The van der Waals surface area contributed by atoms with Crippen LogP contribution in [0.15, 0.2) is 65.2 Å². The first-order valence-corrected chi connectivity index (χ1v) is 6.73. The van der Waals surface area contributed by atoms with Crippen LogP contribution in [0.5, 0.6) is 0 Å². The number of hydrogen-bond acceptors (Lipinski definition) is 2. The van der Waals surface area contributed by atoms with Crippen molar-refractivity contribution in [3.8, 4) is 11.1 Å². The molecule has 0 unspecified atom stereocenters. The molecule has 0 spiro atoms. The van der Waals surface area contributed by atoms with Crippen molar-refractivity contribution in [2.45, 2.75) is 0 Å². The van der Waals surface area contributed by atoms with Crippen LogP contribution in [0.25, 0.3) is 33.2 Å². The van der Waals surface area contributed by atoms with Gasteiger partial charge in [0.1, 0.15) is 5.58 Å². The third-order valence-electron chi connectivity index (χ3n) is 3.43. The lowest BCUT2D eigenvalue weighted by atomic mass is 10.0. The summed E-state index contributed by atoms with van der Waals surface area (Å²) >= 11 is 5.95. The SMILES string of the molecule is Clc1ccc(-c2cccc3c2oc2ncccc23)cc1. The van der Waals surface area contributed by atoms with Gasteiger partial charge in [-0.3, -0.25) is 0 Å². The minimum atomic E-state index is 0.670. The van der Waals surface area contributed by atoms with Gasteiger partial charge in [0.2, 0.25) is 5.71 Å². The molecule has 2 aromatic heterocycles. The minimum absolute atomic E-state index is 0.670. The van der Waals surface area contributed by atoms with E-state index in [0.717, 1.165) is 32.5 Å². The van der Waals surface area contributed by atoms with Gasteiger partial charge in [-0.1, -0.05) is 41.9 Å². The fraction of sp³-hybridized carbons (Fsp3) is 0. The molecular formula is C17H10ClNO. The molecular weight excluding hydrogens is 270 g/mol. The molecule has 0 aliphatic carbocycles. The Kier molecular flexibility index (Phi) is 2.51. The van der Waals surface area contributed by atoms with Gasteiger partial charge in [0.15, 0.2) is 0 Å². The highest BCUT2D eigenvalue weighted by atomic mass is 35.5. The van der Waals surface area contributed by atoms with Crippen LogP contribution in [0.4, 0.5) is 0 Å². The Morgan fingerprint density at radius 2 is 1.65 bits per heavy atom. The van der Waals surface area contributed by atoms with Crippen LogP contribution < -0.4 is 0 Å². The predicted molar refractivity (Wildman–Crippen MR) is 82.0 cm³/mol. The summed E-state index contributed by atoms with van der Waals surface area (Å²) < 4.78 is 5.92. The molecule has 3 heteroatoms. The summed E-state index contributed by atoms with van der Waals surface area (Å²) in [6.07, 6.45) is 1.74. The lowest BCUT2D eigenvalue weighted by Gasteiger charge is -2.02. The molecule has 0 fully saturated rings. The molecule has 0 N–H and O–H groups in total. The number of nitrogens with zero attached hydrogens (tertiary/aromatic N) is 1. The second kappa shape index (κ2) is 4.36. The molecule has 0 radical (unpaired) electrons. The fourth-order valence-corrected chi connectivity index (χ4v) is 2.62. The zero-order valence-electron chi connectivity index (χ0n) is 10.5. The van der Waals surface area contributed by atoms with Crippen molar-refractivity contribution in [2.24, 2.45) is 0 Å². The number of benzene rings is 2. The fourth-order valence-electron chi connectivity index (χ4n) is 2.49. The Balaban J connectivity index is 2.07.